The van der Waals surface area contributed by atoms with Crippen molar-refractivity contribution in [1.29, 1.82) is 0 Å². The monoisotopic (exact) mass is 276 g/mol. The number of rotatable bonds is 6. The molecule has 112 valence electrons. The van der Waals surface area contributed by atoms with E-state index in [0.29, 0.717) is 18.6 Å². The molecule has 1 aromatic rings. The Kier molecular flexibility index (Phi) is 5.86. The second kappa shape index (κ2) is 7.65. The van der Waals surface area contributed by atoms with Gasteiger partial charge in [-0.25, -0.2) is 0 Å². The highest BCUT2D eigenvalue weighted by atomic mass is 16.3. The largest absolute Gasteiger partial charge is 0.396 e. The molecular weight excluding hydrogens is 248 g/mol. The topological polar surface area (TPSA) is 35.5 Å². The number of aliphatic hydroxyl groups is 1. The first kappa shape index (κ1) is 15.3. The molecule has 0 spiro atoms. The van der Waals surface area contributed by atoms with Gasteiger partial charge in [0.15, 0.2) is 0 Å². The fraction of sp³-hybridized carbons (Fsp3) is 0.647. The first-order valence-electron chi connectivity index (χ1n) is 7.92. The van der Waals surface area contributed by atoms with Crippen LogP contribution in [-0.2, 0) is 0 Å². The number of benzene rings is 1. The van der Waals surface area contributed by atoms with Crippen LogP contribution in [-0.4, -0.2) is 31.9 Å². The lowest BCUT2D eigenvalue weighted by atomic mass is 9.93. The van der Waals surface area contributed by atoms with Crippen molar-refractivity contribution in [2.45, 2.75) is 38.6 Å². The summed E-state index contributed by atoms with van der Waals surface area (Å²) >= 11 is 0. The smallest absolute Gasteiger partial charge is 0.0434 e. The van der Waals surface area contributed by atoms with Crippen molar-refractivity contribution in [3.05, 3.63) is 29.8 Å². The zero-order valence-electron chi connectivity index (χ0n) is 12.8. The second-order valence-corrected chi connectivity index (χ2v) is 5.77. The summed E-state index contributed by atoms with van der Waals surface area (Å²) in [6.45, 7) is 4.76. The van der Waals surface area contributed by atoms with Crippen molar-refractivity contribution >= 4 is 5.69 Å². The molecular formula is C17H28N2O. The molecule has 2 rings (SSSR count). The number of nitrogens with one attached hydrogen (secondary N) is 1. The lowest BCUT2D eigenvalue weighted by Crippen LogP contribution is -2.37. The van der Waals surface area contributed by atoms with Gasteiger partial charge < -0.3 is 15.3 Å². The van der Waals surface area contributed by atoms with Gasteiger partial charge in [-0.3, -0.25) is 0 Å². The first-order chi connectivity index (χ1) is 9.80. The molecule has 3 heteroatoms. The third-order valence-corrected chi connectivity index (χ3v) is 4.47. The molecule has 20 heavy (non-hydrogen) atoms. The Morgan fingerprint density at radius 2 is 2.20 bits per heavy atom. The molecule has 3 nitrogen and oxygen atoms in total. The molecule has 0 aliphatic carbocycles. The summed E-state index contributed by atoms with van der Waals surface area (Å²) < 4.78 is 0. The van der Waals surface area contributed by atoms with Gasteiger partial charge in [0, 0.05) is 31.4 Å². The van der Waals surface area contributed by atoms with E-state index in [1.807, 2.05) is 7.05 Å². The minimum absolute atomic E-state index is 0.314. The van der Waals surface area contributed by atoms with E-state index >= 15 is 0 Å². The zero-order valence-corrected chi connectivity index (χ0v) is 12.8. The molecule has 1 heterocycles. The van der Waals surface area contributed by atoms with Crippen LogP contribution in [0.15, 0.2) is 24.3 Å². The third kappa shape index (κ3) is 3.53. The molecule has 1 aliphatic rings. The van der Waals surface area contributed by atoms with Crippen molar-refractivity contribution in [3.63, 3.8) is 0 Å². The van der Waals surface area contributed by atoms with Crippen molar-refractivity contribution in [2.24, 2.45) is 5.92 Å². The highest BCUT2D eigenvalue weighted by molar-refractivity contribution is 5.55. The fourth-order valence-corrected chi connectivity index (χ4v) is 3.35. The minimum atomic E-state index is 0.314. The summed E-state index contributed by atoms with van der Waals surface area (Å²) in [7, 11) is 2.04. The van der Waals surface area contributed by atoms with Gasteiger partial charge in [0.05, 0.1) is 0 Å². The first-order valence-corrected chi connectivity index (χ1v) is 7.92. The quantitative estimate of drug-likeness (QED) is 0.838. The van der Waals surface area contributed by atoms with Crippen LogP contribution in [0.2, 0.25) is 0 Å². The summed E-state index contributed by atoms with van der Waals surface area (Å²) in [5, 5.41) is 12.6. The van der Waals surface area contributed by atoms with E-state index in [0.717, 1.165) is 25.9 Å². The number of aliphatic hydroxyl groups excluding tert-OH is 1. The number of hydrogen-bond donors (Lipinski definition) is 2. The van der Waals surface area contributed by atoms with Crippen molar-refractivity contribution in [1.82, 2.24) is 5.32 Å². The van der Waals surface area contributed by atoms with Crippen LogP contribution in [0, 0.1) is 5.92 Å². The van der Waals surface area contributed by atoms with Crippen molar-refractivity contribution in [3.8, 4) is 0 Å². The standard InChI is InChI=1S/C17H28N2O/c1-3-16(18-2)15-8-4-5-9-17(15)19-11-6-7-14(13-19)10-12-20/h4-5,8-9,14,16,18,20H,3,6-7,10-13H2,1-2H3. The van der Waals surface area contributed by atoms with Crippen molar-refractivity contribution < 1.29 is 5.11 Å². The molecule has 0 bridgehead atoms. The Labute approximate surface area is 123 Å². The highest BCUT2D eigenvalue weighted by Crippen LogP contribution is 2.31. The summed E-state index contributed by atoms with van der Waals surface area (Å²) in [6.07, 6.45) is 4.52. The summed E-state index contributed by atoms with van der Waals surface area (Å²) in [5.41, 5.74) is 2.78. The van der Waals surface area contributed by atoms with Crippen LogP contribution in [0.25, 0.3) is 0 Å². The van der Waals surface area contributed by atoms with E-state index in [2.05, 4.69) is 41.4 Å². The van der Waals surface area contributed by atoms with Gasteiger partial charge in [-0.05, 0) is 50.3 Å². The molecule has 1 saturated heterocycles. The van der Waals surface area contributed by atoms with E-state index in [-0.39, 0.29) is 0 Å². The van der Waals surface area contributed by atoms with E-state index in [1.165, 1.54) is 24.1 Å². The number of piperidine rings is 1. The Morgan fingerprint density at radius 1 is 1.40 bits per heavy atom. The maximum Gasteiger partial charge on any atom is 0.0434 e. The van der Waals surface area contributed by atoms with Gasteiger partial charge in [-0.15, -0.1) is 0 Å². The fourth-order valence-electron chi connectivity index (χ4n) is 3.35. The van der Waals surface area contributed by atoms with Crippen LogP contribution in [0.4, 0.5) is 5.69 Å². The van der Waals surface area contributed by atoms with Crippen LogP contribution in [0.3, 0.4) is 0 Å². The van der Waals surface area contributed by atoms with Crippen LogP contribution < -0.4 is 10.2 Å². The Balaban J connectivity index is 2.19. The number of anilines is 1. The molecule has 0 amide bonds. The third-order valence-electron chi connectivity index (χ3n) is 4.47. The lowest BCUT2D eigenvalue weighted by molar-refractivity contribution is 0.244. The molecule has 1 aliphatic heterocycles. The predicted molar refractivity (Wildman–Crippen MR) is 85.2 cm³/mol. The van der Waals surface area contributed by atoms with Gasteiger partial charge in [0.25, 0.3) is 0 Å². The van der Waals surface area contributed by atoms with E-state index in [4.69, 9.17) is 5.11 Å². The molecule has 2 N–H and O–H groups in total. The molecule has 2 atom stereocenters. The van der Waals surface area contributed by atoms with Crippen LogP contribution >= 0.6 is 0 Å². The second-order valence-electron chi connectivity index (χ2n) is 5.77. The van der Waals surface area contributed by atoms with Gasteiger partial charge in [-0.2, -0.15) is 0 Å². The summed E-state index contributed by atoms with van der Waals surface area (Å²) in [6, 6.07) is 9.18. The minimum Gasteiger partial charge on any atom is -0.396 e. The van der Waals surface area contributed by atoms with Gasteiger partial charge in [0.2, 0.25) is 0 Å². The summed E-state index contributed by atoms with van der Waals surface area (Å²) in [5.74, 6) is 0.636. The SMILES string of the molecule is CCC(NC)c1ccccc1N1CCCC(CCO)C1. The summed E-state index contributed by atoms with van der Waals surface area (Å²) in [4.78, 5) is 2.51. The molecule has 1 aromatic carbocycles. The maximum atomic E-state index is 9.17. The van der Waals surface area contributed by atoms with Gasteiger partial charge >= 0.3 is 0 Å². The number of hydrogen-bond acceptors (Lipinski definition) is 3. The van der Waals surface area contributed by atoms with Gasteiger partial charge in [0.1, 0.15) is 0 Å². The maximum absolute atomic E-state index is 9.17. The molecule has 0 aromatic heterocycles. The van der Waals surface area contributed by atoms with Gasteiger partial charge in [-0.1, -0.05) is 25.1 Å². The molecule has 0 saturated carbocycles. The Hall–Kier alpha value is -1.06. The molecule has 2 unspecified atom stereocenters. The van der Waals surface area contributed by atoms with Crippen LogP contribution in [0.5, 0.6) is 0 Å². The van der Waals surface area contributed by atoms with E-state index < -0.39 is 0 Å². The van der Waals surface area contributed by atoms with E-state index in [1.54, 1.807) is 0 Å². The van der Waals surface area contributed by atoms with Crippen molar-refractivity contribution in [2.75, 3.05) is 31.6 Å². The zero-order chi connectivity index (χ0) is 14.4. The average Bonchev–Trinajstić information content (AvgIpc) is 2.50. The molecule has 1 fully saturated rings. The average molecular weight is 276 g/mol. The highest BCUT2D eigenvalue weighted by Gasteiger charge is 2.22. The van der Waals surface area contributed by atoms with Crippen LogP contribution in [0.1, 0.15) is 44.2 Å². The number of para-hydroxylation sites is 1. The normalized spacial score (nSPS) is 20.9. The van der Waals surface area contributed by atoms with E-state index in [9.17, 15) is 0 Å². The Morgan fingerprint density at radius 3 is 2.90 bits per heavy atom. The Bertz CT molecular complexity index is 402. The number of nitrogens with zero attached hydrogens (tertiary/aromatic N) is 1. The lowest BCUT2D eigenvalue weighted by Gasteiger charge is -2.36. The predicted octanol–water partition coefficient (Wildman–Crippen LogP) is 2.96. The molecule has 0 radical (unpaired) electrons.